The van der Waals surface area contributed by atoms with Gasteiger partial charge in [0.05, 0.1) is 12.2 Å². The lowest BCUT2D eigenvalue weighted by molar-refractivity contribution is 0.0695. The number of carboxylic acid groups (broad SMARTS) is 1. The highest BCUT2D eigenvalue weighted by Crippen LogP contribution is 2.15. The number of urea groups is 1. The number of thiophene rings is 1. The number of furan rings is 1. The molecule has 2 heterocycles. The van der Waals surface area contributed by atoms with Crippen molar-refractivity contribution in [2.24, 2.45) is 0 Å². The summed E-state index contributed by atoms with van der Waals surface area (Å²) in [4.78, 5) is 22.4. The lowest BCUT2D eigenvalue weighted by atomic mass is 10.2. The minimum absolute atomic E-state index is 0.107. The number of hydrogen-bond donors (Lipinski definition) is 3. The van der Waals surface area contributed by atoms with E-state index < -0.39 is 5.97 Å². The van der Waals surface area contributed by atoms with E-state index >= 15 is 0 Å². The van der Waals surface area contributed by atoms with Crippen molar-refractivity contribution >= 4 is 29.0 Å². The highest BCUT2D eigenvalue weighted by Gasteiger charge is 2.14. The van der Waals surface area contributed by atoms with E-state index in [1.165, 1.54) is 17.4 Å². The molecule has 0 bridgehead atoms. The van der Waals surface area contributed by atoms with Crippen molar-refractivity contribution in [3.05, 3.63) is 40.0 Å². The SMILES string of the molecule is Cc1oc(CNC(=O)Nc2ccsc2)cc1C(=O)O. The fraction of sp³-hybridized carbons (Fsp3) is 0.167. The number of carboxylic acids is 1. The second-order valence-corrected chi connectivity index (χ2v) is 4.59. The van der Waals surface area contributed by atoms with E-state index in [4.69, 9.17) is 9.52 Å². The summed E-state index contributed by atoms with van der Waals surface area (Å²) < 4.78 is 5.24. The molecular formula is C12H12N2O4S. The molecule has 100 valence electrons. The number of anilines is 1. The summed E-state index contributed by atoms with van der Waals surface area (Å²) in [6.45, 7) is 1.70. The molecular weight excluding hydrogens is 268 g/mol. The molecule has 2 amide bonds. The fourth-order valence-electron chi connectivity index (χ4n) is 1.52. The molecule has 0 aliphatic heterocycles. The van der Waals surface area contributed by atoms with Crippen LogP contribution in [-0.4, -0.2) is 17.1 Å². The summed E-state index contributed by atoms with van der Waals surface area (Å²) in [5, 5.41) is 17.7. The molecule has 0 atom stereocenters. The van der Waals surface area contributed by atoms with Gasteiger partial charge in [0.25, 0.3) is 0 Å². The molecule has 2 rings (SSSR count). The van der Waals surface area contributed by atoms with Crippen LogP contribution in [0.4, 0.5) is 10.5 Å². The molecule has 0 saturated heterocycles. The number of hydrogen-bond acceptors (Lipinski definition) is 4. The summed E-state index contributed by atoms with van der Waals surface area (Å²) in [7, 11) is 0. The van der Waals surface area contributed by atoms with E-state index in [1.54, 1.807) is 18.4 Å². The molecule has 3 N–H and O–H groups in total. The Morgan fingerprint density at radius 1 is 1.47 bits per heavy atom. The van der Waals surface area contributed by atoms with Crippen molar-refractivity contribution in [2.45, 2.75) is 13.5 Å². The third-order valence-corrected chi connectivity index (χ3v) is 3.08. The first-order valence-corrected chi connectivity index (χ1v) is 6.40. The number of nitrogens with one attached hydrogen (secondary N) is 2. The maximum absolute atomic E-state index is 11.5. The Morgan fingerprint density at radius 2 is 2.26 bits per heavy atom. The van der Waals surface area contributed by atoms with Gasteiger partial charge in [0.2, 0.25) is 0 Å². The highest BCUT2D eigenvalue weighted by atomic mass is 32.1. The molecule has 6 nitrogen and oxygen atoms in total. The summed E-state index contributed by atoms with van der Waals surface area (Å²) in [6.07, 6.45) is 0. The predicted molar refractivity (Wildman–Crippen MR) is 70.6 cm³/mol. The van der Waals surface area contributed by atoms with Gasteiger partial charge < -0.3 is 20.2 Å². The zero-order chi connectivity index (χ0) is 13.8. The molecule has 0 saturated carbocycles. The molecule has 0 fully saturated rings. The van der Waals surface area contributed by atoms with Crippen molar-refractivity contribution in [1.82, 2.24) is 5.32 Å². The van der Waals surface area contributed by atoms with Crippen LogP contribution in [0.2, 0.25) is 0 Å². The molecule has 2 aromatic heterocycles. The number of aromatic carboxylic acids is 1. The summed E-state index contributed by atoms with van der Waals surface area (Å²) in [6, 6.07) is 2.82. The number of amides is 2. The molecule has 2 aromatic rings. The molecule has 0 aliphatic rings. The molecule has 0 radical (unpaired) electrons. The van der Waals surface area contributed by atoms with Crippen molar-refractivity contribution in [3.63, 3.8) is 0 Å². The Balaban J connectivity index is 1.90. The zero-order valence-corrected chi connectivity index (χ0v) is 10.9. The highest BCUT2D eigenvalue weighted by molar-refractivity contribution is 7.08. The van der Waals surface area contributed by atoms with Crippen LogP contribution >= 0.6 is 11.3 Å². The first-order chi connectivity index (χ1) is 9.06. The first kappa shape index (κ1) is 13.2. The Kier molecular flexibility index (Phi) is 3.86. The average molecular weight is 280 g/mol. The van der Waals surface area contributed by atoms with Gasteiger partial charge in [-0.05, 0) is 24.4 Å². The van der Waals surface area contributed by atoms with Crippen LogP contribution in [0.3, 0.4) is 0 Å². The van der Waals surface area contributed by atoms with Crippen LogP contribution in [0.1, 0.15) is 21.9 Å². The fourth-order valence-corrected chi connectivity index (χ4v) is 2.11. The standard InChI is InChI=1S/C12H12N2O4S/c1-7-10(11(15)16)4-9(18-7)5-13-12(17)14-8-2-3-19-6-8/h2-4,6H,5H2,1H3,(H,15,16)(H2,13,14,17). The first-order valence-electron chi connectivity index (χ1n) is 5.46. The van der Waals surface area contributed by atoms with Gasteiger partial charge in [-0.1, -0.05) is 0 Å². The van der Waals surface area contributed by atoms with E-state index in [0.717, 1.165) is 0 Å². The second-order valence-electron chi connectivity index (χ2n) is 3.81. The molecule has 19 heavy (non-hydrogen) atoms. The Hall–Kier alpha value is -2.28. The predicted octanol–water partition coefficient (Wildman–Crippen LogP) is 2.67. The summed E-state index contributed by atoms with van der Waals surface area (Å²) >= 11 is 1.48. The van der Waals surface area contributed by atoms with Crippen molar-refractivity contribution < 1.29 is 19.1 Å². The van der Waals surface area contributed by atoms with E-state index in [1.807, 2.05) is 5.38 Å². The van der Waals surface area contributed by atoms with Crippen LogP contribution in [0, 0.1) is 6.92 Å². The normalized spacial score (nSPS) is 10.2. The van der Waals surface area contributed by atoms with Gasteiger partial charge in [-0.2, -0.15) is 11.3 Å². The topological polar surface area (TPSA) is 91.6 Å². The van der Waals surface area contributed by atoms with Gasteiger partial charge in [-0.25, -0.2) is 9.59 Å². The lowest BCUT2D eigenvalue weighted by Gasteiger charge is -2.03. The van der Waals surface area contributed by atoms with E-state index in [2.05, 4.69) is 10.6 Å². The number of aryl methyl sites for hydroxylation is 1. The number of carbonyl (C=O) groups is 2. The van der Waals surface area contributed by atoms with E-state index in [9.17, 15) is 9.59 Å². The minimum atomic E-state index is -1.05. The third kappa shape index (κ3) is 3.35. The van der Waals surface area contributed by atoms with Crippen LogP contribution in [0.25, 0.3) is 0 Å². The molecule has 0 unspecified atom stereocenters. The van der Waals surface area contributed by atoms with Crippen molar-refractivity contribution in [1.29, 1.82) is 0 Å². The van der Waals surface area contributed by atoms with Crippen LogP contribution in [-0.2, 0) is 6.54 Å². The Labute approximate surface area is 113 Å². The molecule has 0 spiro atoms. The van der Waals surface area contributed by atoms with Crippen LogP contribution in [0.5, 0.6) is 0 Å². The number of rotatable bonds is 4. The Morgan fingerprint density at radius 3 is 2.84 bits per heavy atom. The summed E-state index contributed by atoms with van der Waals surface area (Å²) in [5.41, 5.74) is 0.819. The van der Waals surface area contributed by atoms with Gasteiger partial charge in [0.1, 0.15) is 17.1 Å². The van der Waals surface area contributed by atoms with Gasteiger partial charge in [-0.3, -0.25) is 0 Å². The van der Waals surface area contributed by atoms with Gasteiger partial charge in [-0.15, -0.1) is 0 Å². The quantitative estimate of drug-likeness (QED) is 0.803. The van der Waals surface area contributed by atoms with Gasteiger partial charge in [0, 0.05) is 5.38 Å². The smallest absolute Gasteiger partial charge is 0.339 e. The summed E-state index contributed by atoms with van der Waals surface area (Å²) in [5.74, 6) is -0.326. The Bertz CT molecular complexity index is 589. The average Bonchev–Trinajstić information content (AvgIpc) is 2.96. The molecule has 7 heteroatoms. The van der Waals surface area contributed by atoms with Crippen molar-refractivity contribution in [2.75, 3.05) is 5.32 Å². The lowest BCUT2D eigenvalue weighted by Crippen LogP contribution is -2.27. The van der Waals surface area contributed by atoms with E-state index in [-0.39, 0.29) is 18.1 Å². The molecule has 0 aromatic carbocycles. The largest absolute Gasteiger partial charge is 0.478 e. The zero-order valence-electron chi connectivity index (χ0n) is 10.1. The minimum Gasteiger partial charge on any atom is -0.478 e. The van der Waals surface area contributed by atoms with Crippen LogP contribution in [0.15, 0.2) is 27.3 Å². The number of carbonyl (C=O) groups excluding carboxylic acids is 1. The monoisotopic (exact) mass is 280 g/mol. The maximum atomic E-state index is 11.5. The maximum Gasteiger partial charge on any atom is 0.339 e. The van der Waals surface area contributed by atoms with E-state index in [0.29, 0.717) is 17.2 Å². The van der Waals surface area contributed by atoms with Crippen LogP contribution < -0.4 is 10.6 Å². The van der Waals surface area contributed by atoms with Crippen molar-refractivity contribution in [3.8, 4) is 0 Å². The third-order valence-electron chi connectivity index (χ3n) is 2.40. The van der Waals surface area contributed by atoms with Gasteiger partial charge >= 0.3 is 12.0 Å². The second kappa shape index (κ2) is 5.57. The molecule has 0 aliphatic carbocycles. The van der Waals surface area contributed by atoms with Gasteiger partial charge in [0.15, 0.2) is 0 Å².